The summed E-state index contributed by atoms with van der Waals surface area (Å²) in [7, 11) is 0. The molecule has 8 nitrogen and oxygen atoms in total. The first-order chi connectivity index (χ1) is 13.2. The molecule has 8 heteroatoms. The van der Waals surface area contributed by atoms with Crippen molar-refractivity contribution in [3.63, 3.8) is 0 Å². The van der Waals surface area contributed by atoms with Crippen LogP contribution in [0.1, 0.15) is 29.1 Å². The summed E-state index contributed by atoms with van der Waals surface area (Å²) in [5, 5.41) is 8.68. The Kier molecular flexibility index (Phi) is 3.49. The minimum absolute atomic E-state index is 0.0384. The quantitative estimate of drug-likeness (QED) is 0.548. The zero-order chi connectivity index (χ0) is 18.4. The van der Waals surface area contributed by atoms with Crippen LogP contribution in [0.25, 0.3) is 17.0 Å². The van der Waals surface area contributed by atoms with E-state index < -0.39 is 0 Å². The molecular weight excluding hydrogens is 342 g/mol. The molecule has 3 aromatic heterocycles. The Morgan fingerprint density at radius 3 is 2.85 bits per heavy atom. The smallest absolute Gasteiger partial charge is 0.254 e. The number of carbonyl (C=O) groups excluding carboxylic acids is 1. The normalized spacial score (nSPS) is 16.5. The standard InChI is InChI=1S/C19H17N7O/c1-13-18-22-17(14-5-3-2-4-6-14)23-26(18)10-9-24(13)19(27)15-7-8-25-16(11-15)20-12-21-25/h2-8,11-13H,9-10H2,1H3/t13-/m0/s1. The number of hydrogen-bond acceptors (Lipinski definition) is 5. The van der Waals surface area contributed by atoms with Crippen LogP contribution in [-0.2, 0) is 6.54 Å². The van der Waals surface area contributed by atoms with Crippen LogP contribution >= 0.6 is 0 Å². The molecular formula is C19H17N7O. The fraction of sp³-hybridized carbons (Fsp3) is 0.211. The van der Waals surface area contributed by atoms with Gasteiger partial charge in [0.15, 0.2) is 11.5 Å². The highest BCUT2D eigenvalue weighted by Gasteiger charge is 2.31. The summed E-state index contributed by atoms with van der Waals surface area (Å²) in [6.45, 7) is 3.20. The number of nitrogens with zero attached hydrogens (tertiary/aromatic N) is 7. The Morgan fingerprint density at radius 1 is 1.15 bits per heavy atom. The molecule has 0 saturated heterocycles. The van der Waals surface area contributed by atoms with Crippen molar-refractivity contribution in [2.45, 2.75) is 19.5 Å². The van der Waals surface area contributed by atoms with E-state index in [4.69, 9.17) is 4.98 Å². The first kappa shape index (κ1) is 15.7. The third kappa shape index (κ3) is 2.57. The van der Waals surface area contributed by atoms with E-state index in [2.05, 4.69) is 15.2 Å². The van der Waals surface area contributed by atoms with Crippen molar-refractivity contribution in [3.8, 4) is 11.4 Å². The van der Waals surface area contributed by atoms with Crippen molar-refractivity contribution in [1.29, 1.82) is 0 Å². The van der Waals surface area contributed by atoms with E-state index in [1.807, 2.05) is 46.8 Å². The summed E-state index contributed by atoms with van der Waals surface area (Å²) < 4.78 is 3.54. The Bertz CT molecular complexity index is 1130. The first-order valence-corrected chi connectivity index (χ1v) is 8.81. The third-order valence-electron chi connectivity index (χ3n) is 4.91. The van der Waals surface area contributed by atoms with Gasteiger partial charge in [-0.1, -0.05) is 30.3 Å². The van der Waals surface area contributed by atoms with Crippen LogP contribution < -0.4 is 0 Å². The number of pyridine rings is 1. The van der Waals surface area contributed by atoms with Crippen molar-refractivity contribution in [1.82, 2.24) is 34.3 Å². The van der Waals surface area contributed by atoms with Crippen LogP contribution in [0.5, 0.6) is 0 Å². The van der Waals surface area contributed by atoms with Gasteiger partial charge in [0.05, 0.1) is 12.6 Å². The van der Waals surface area contributed by atoms with Crippen LogP contribution in [0.3, 0.4) is 0 Å². The molecule has 4 heterocycles. The highest BCUT2D eigenvalue weighted by Crippen LogP contribution is 2.27. The van der Waals surface area contributed by atoms with Gasteiger partial charge in [0.1, 0.15) is 12.2 Å². The third-order valence-corrected chi connectivity index (χ3v) is 4.91. The molecule has 5 rings (SSSR count). The van der Waals surface area contributed by atoms with Crippen LogP contribution in [0.4, 0.5) is 0 Å². The van der Waals surface area contributed by atoms with Gasteiger partial charge in [0.25, 0.3) is 5.91 Å². The van der Waals surface area contributed by atoms with E-state index in [1.54, 1.807) is 22.8 Å². The molecule has 0 fully saturated rings. The number of hydrogen-bond donors (Lipinski definition) is 0. The molecule has 0 N–H and O–H groups in total. The average molecular weight is 359 g/mol. The summed E-state index contributed by atoms with van der Waals surface area (Å²) in [5.41, 5.74) is 2.22. The molecule has 0 bridgehead atoms. The molecule has 1 aliphatic rings. The molecule has 27 heavy (non-hydrogen) atoms. The molecule has 1 aliphatic heterocycles. The lowest BCUT2D eigenvalue weighted by Gasteiger charge is -2.32. The fourth-order valence-electron chi connectivity index (χ4n) is 3.46. The largest absolute Gasteiger partial charge is 0.327 e. The Balaban J connectivity index is 1.46. The lowest BCUT2D eigenvalue weighted by molar-refractivity contribution is 0.0630. The molecule has 0 saturated carbocycles. The second-order valence-electron chi connectivity index (χ2n) is 6.54. The lowest BCUT2D eigenvalue weighted by Crippen LogP contribution is -2.41. The number of benzene rings is 1. The van der Waals surface area contributed by atoms with Gasteiger partial charge in [0.2, 0.25) is 0 Å². The summed E-state index contributed by atoms with van der Waals surface area (Å²) >= 11 is 0. The van der Waals surface area contributed by atoms with E-state index in [0.29, 0.717) is 30.1 Å². The maximum absolute atomic E-state index is 13.1. The number of amides is 1. The number of fused-ring (bicyclic) bond motifs is 2. The molecule has 1 amide bonds. The topological polar surface area (TPSA) is 81.2 Å². The minimum atomic E-state index is -0.162. The molecule has 1 aromatic carbocycles. The summed E-state index contributed by atoms with van der Waals surface area (Å²) in [6, 6.07) is 13.2. The second kappa shape index (κ2) is 6.01. The van der Waals surface area contributed by atoms with Crippen molar-refractivity contribution in [2.75, 3.05) is 6.54 Å². The Hall–Kier alpha value is -3.55. The van der Waals surface area contributed by atoms with Crippen molar-refractivity contribution < 1.29 is 4.79 Å². The maximum Gasteiger partial charge on any atom is 0.254 e. The van der Waals surface area contributed by atoms with Crippen LogP contribution in [0.15, 0.2) is 55.0 Å². The van der Waals surface area contributed by atoms with Crippen molar-refractivity contribution in [2.24, 2.45) is 0 Å². The predicted octanol–water partition coefficient (Wildman–Crippen LogP) is 2.20. The Labute approximate surface area is 155 Å². The van der Waals surface area contributed by atoms with Gasteiger partial charge in [-0.15, -0.1) is 0 Å². The minimum Gasteiger partial charge on any atom is -0.327 e. The molecule has 0 radical (unpaired) electrons. The van der Waals surface area contributed by atoms with Gasteiger partial charge in [-0.2, -0.15) is 10.2 Å². The molecule has 0 spiro atoms. The van der Waals surface area contributed by atoms with E-state index in [9.17, 15) is 4.79 Å². The van der Waals surface area contributed by atoms with Crippen LogP contribution in [0, 0.1) is 0 Å². The zero-order valence-electron chi connectivity index (χ0n) is 14.7. The van der Waals surface area contributed by atoms with Gasteiger partial charge in [-0.25, -0.2) is 19.2 Å². The summed E-state index contributed by atoms with van der Waals surface area (Å²) in [6.07, 6.45) is 3.22. The highest BCUT2D eigenvalue weighted by atomic mass is 16.2. The summed E-state index contributed by atoms with van der Waals surface area (Å²) in [5.74, 6) is 1.46. The van der Waals surface area contributed by atoms with Crippen LogP contribution in [0.2, 0.25) is 0 Å². The zero-order valence-corrected chi connectivity index (χ0v) is 14.7. The van der Waals surface area contributed by atoms with Crippen molar-refractivity contribution in [3.05, 3.63) is 66.4 Å². The molecule has 134 valence electrons. The number of rotatable bonds is 2. The number of aromatic nitrogens is 6. The van der Waals surface area contributed by atoms with Crippen LogP contribution in [-0.4, -0.2) is 46.7 Å². The molecule has 0 aliphatic carbocycles. The van der Waals surface area contributed by atoms with E-state index in [1.165, 1.54) is 6.33 Å². The van der Waals surface area contributed by atoms with Gasteiger partial charge >= 0.3 is 0 Å². The molecule has 1 atom stereocenters. The van der Waals surface area contributed by atoms with Gasteiger partial charge in [-0.05, 0) is 19.1 Å². The number of carbonyl (C=O) groups is 1. The monoisotopic (exact) mass is 359 g/mol. The maximum atomic E-state index is 13.1. The molecule has 4 aromatic rings. The van der Waals surface area contributed by atoms with Gasteiger partial charge in [0, 0.05) is 23.9 Å². The molecule has 0 unspecified atom stereocenters. The first-order valence-electron chi connectivity index (χ1n) is 8.81. The van der Waals surface area contributed by atoms with E-state index >= 15 is 0 Å². The SMILES string of the molecule is C[C@H]1c2nc(-c3ccccc3)nn2CCN1C(=O)c1ccn2ncnc2c1. The second-order valence-corrected chi connectivity index (χ2v) is 6.54. The fourth-order valence-corrected chi connectivity index (χ4v) is 3.46. The predicted molar refractivity (Wildman–Crippen MR) is 97.9 cm³/mol. The van der Waals surface area contributed by atoms with E-state index in [-0.39, 0.29) is 11.9 Å². The lowest BCUT2D eigenvalue weighted by atomic mass is 10.1. The van der Waals surface area contributed by atoms with E-state index in [0.717, 1.165) is 11.4 Å². The highest BCUT2D eigenvalue weighted by molar-refractivity contribution is 5.95. The van der Waals surface area contributed by atoms with Gasteiger partial charge in [-0.3, -0.25) is 4.79 Å². The van der Waals surface area contributed by atoms with Gasteiger partial charge < -0.3 is 4.90 Å². The van der Waals surface area contributed by atoms with Crippen molar-refractivity contribution >= 4 is 11.6 Å². The summed E-state index contributed by atoms with van der Waals surface area (Å²) in [4.78, 5) is 23.8. The average Bonchev–Trinajstić information content (AvgIpc) is 3.35. The Morgan fingerprint density at radius 2 is 2.00 bits per heavy atom.